The Morgan fingerprint density at radius 3 is 2.65 bits per heavy atom. The molecule has 0 spiro atoms. The zero-order valence-electron chi connectivity index (χ0n) is 16.9. The van der Waals surface area contributed by atoms with Crippen molar-refractivity contribution in [2.75, 3.05) is 0 Å². The lowest BCUT2D eigenvalue weighted by Crippen LogP contribution is -2.36. The molecule has 31 heavy (non-hydrogen) atoms. The molecule has 1 unspecified atom stereocenters. The molecule has 0 bridgehead atoms. The van der Waals surface area contributed by atoms with Gasteiger partial charge in [0.25, 0.3) is 0 Å². The predicted octanol–water partition coefficient (Wildman–Crippen LogP) is 3.78. The minimum absolute atomic E-state index is 0.0171. The Balaban J connectivity index is 1.50. The normalized spacial score (nSPS) is 18.3. The number of para-hydroxylation sites is 1. The molecular weight excluding hydrogens is 397 g/mol. The lowest BCUT2D eigenvalue weighted by molar-refractivity contribution is -0.119. The summed E-state index contributed by atoms with van der Waals surface area (Å²) in [6, 6.07) is 16.0. The first-order valence-corrected chi connectivity index (χ1v) is 10.0. The summed E-state index contributed by atoms with van der Waals surface area (Å²) in [6.07, 6.45) is 3.34. The van der Waals surface area contributed by atoms with Crippen molar-refractivity contribution in [2.24, 2.45) is 0 Å². The Morgan fingerprint density at radius 2 is 1.94 bits per heavy atom. The van der Waals surface area contributed by atoms with E-state index >= 15 is 0 Å². The smallest absolute Gasteiger partial charge is 0.231 e. The topological polar surface area (TPSA) is 85.8 Å². The molecule has 5 rings (SSSR count). The third-order valence-electron chi connectivity index (χ3n) is 5.50. The van der Waals surface area contributed by atoms with Crippen molar-refractivity contribution in [1.29, 1.82) is 0 Å². The molecule has 3 heterocycles. The summed E-state index contributed by atoms with van der Waals surface area (Å²) in [6.45, 7) is 1.89. The summed E-state index contributed by atoms with van der Waals surface area (Å²) in [4.78, 5) is 16.2. The number of nitrogens with one attached hydrogen (secondary N) is 1. The summed E-state index contributed by atoms with van der Waals surface area (Å²) in [5.74, 6) is 0.568. The number of rotatable bonds is 5. The highest BCUT2D eigenvalue weighted by Crippen LogP contribution is 2.30. The first kappa shape index (κ1) is 19.2. The van der Waals surface area contributed by atoms with Crippen molar-refractivity contribution in [3.8, 4) is 16.9 Å². The maximum atomic E-state index is 13.4. The second kappa shape index (κ2) is 7.46. The molecule has 1 N–H and O–H groups in total. The van der Waals surface area contributed by atoms with Crippen LogP contribution in [-0.2, 0) is 16.8 Å². The number of nitrogens with zero attached hydrogens (tertiary/aromatic N) is 4. The lowest BCUT2D eigenvalue weighted by atomic mass is 10.00. The molecule has 156 valence electrons. The lowest BCUT2D eigenvalue weighted by Gasteiger charge is -2.18. The monoisotopic (exact) mass is 417 g/mol. The van der Waals surface area contributed by atoms with Crippen molar-refractivity contribution in [3.05, 3.63) is 83.9 Å². The van der Waals surface area contributed by atoms with Gasteiger partial charge in [-0.15, -0.1) is 0 Å². The van der Waals surface area contributed by atoms with Crippen LogP contribution in [0.25, 0.3) is 16.9 Å². The zero-order chi connectivity index (χ0) is 21.4. The van der Waals surface area contributed by atoms with Gasteiger partial charge in [0.1, 0.15) is 11.4 Å². The summed E-state index contributed by atoms with van der Waals surface area (Å²) in [5.41, 5.74) is 2.66. The van der Waals surface area contributed by atoms with E-state index in [1.54, 1.807) is 16.8 Å². The van der Waals surface area contributed by atoms with E-state index in [1.165, 1.54) is 12.1 Å². The molecule has 8 heteroatoms. The van der Waals surface area contributed by atoms with Gasteiger partial charge >= 0.3 is 0 Å². The van der Waals surface area contributed by atoms with E-state index in [0.717, 1.165) is 16.8 Å². The average molecular weight is 417 g/mol. The van der Waals surface area contributed by atoms with Crippen molar-refractivity contribution in [1.82, 2.24) is 25.2 Å². The summed E-state index contributed by atoms with van der Waals surface area (Å²) in [5, 5.41) is 11.7. The van der Waals surface area contributed by atoms with E-state index in [0.29, 0.717) is 36.7 Å². The van der Waals surface area contributed by atoms with Crippen LogP contribution in [-0.4, -0.2) is 25.8 Å². The van der Waals surface area contributed by atoms with E-state index in [9.17, 15) is 9.18 Å². The van der Waals surface area contributed by atoms with Crippen molar-refractivity contribution in [3.63, 3.8) is 0 Å². The summed E-state index contributed by atoms with van der Waals surface area (Å²) in [7, 11) is 0. The Kier molecular flexibility index (Phi) is 4.62. The molecule has 0 saturated carbocycles. The van der Waals surface area contributed by atoms with Crippen LogP contribution in [0.5, 0.6) is 0 Å². The highest BCUT2D eigenvalue weighted by Gasteiger charge is 2.39. The van der Waals surface area contributed by atoms with Gasteiger partial charge in [-0.25, -0.2) is 9.07 Å². The van der Waals surface area contributed by atoms with Gasteiger partial charge < -0.3 is 9.84 Å². The van der Waals surface area contributed by atoms with Crippen molar-refractivity contribution < 1.29 is 13.7 Å². The van der Waals surface area contributed by atoms with Crippen molar-refractivity contribution in [2.45, 2.75) is 31.7 Å². The predicted molar refractivity (Wildman–Crippen MR) is 111 cm³/mol. The molecule has 1 atom stereocenters. The van der Waals surface area contributed by atoms with E-state index < -0.39 is 5.54 Å². The van der Waals surface area contributed by atoms with E-state index in [1.807, 2.05) is 43.5 Å². The molecule has 1 aliphatic rings. The Bertz CT molecular complexity index is 1230. The number of halogens is 1. The zero-order valence-corrected chi connectivity index (χ0v) is 16.9. The minimum Gasteiger partial charge on any atom is -0.343 e. The molecule has 4 aromatic rings. The van der Waals surface area contributed by atoms with Gasteiger partial charge in [0.2, 0.25) is 11.8 Å². The molecule has 1 fully saturated rings. The van der Waals surface area contributed by atoms with Gasteiger partial charge in [-0.2, -0.15) is 10.1 Å². The first-order valence-electron chi connectivity index (χ1n) is 10.0. The highest BCUT2D eigenvalue weighted by atomic mass is 19.1. The number of hydrogen-bond acceptors (Lipinski definition) is 5. The number of carbonyl (C=O) groups is 1. The molecule has 2 aromatic heterocycles. The molecule has 1 amide bonds. The van der Waals surface area contributed by atoms with Crippen LogP contribution in [0.3, 0.4) is 0 Å². The highest BCUT2D eigenvalue weighted by molar-refractivity contribution is 5.79. The number of carbonyl (C=O) groups excluding carboxylic acids is 1. The number of hydrogen-bond donors (Lipinski definition) is 1. The van der Waals surface area contributed by atoms with Gasteiger partial charge in [0, 0.05) is 23.7 Å². The van der Waals surface area contributed by atoms with Crippen LogP contribution in [0.15, 0.2) is 65.3 Å². The molecule has 0 radical (unpaired) electrons. The number of amides is 1. The number of benzene rings is 2. The van der Waals surface area contributed by atoms with Crippen LogP contribution in [0.4, 0.5) is 4.39 Å². The van der Waals surface area contributed by atoms with E-state index in [2.05, 4.69) is 15.5 Å². The van der Waals surface area contributed by atoms with E-state index in [-0.39, 0.29) is 11.7 Å². The fourth-order valence-corrected chi connectivity index (χ4v) is 3.78. The molecular formula is C23H20FN5O2. The summed E-state index contributed by atoms with van der Waals surface area (Å²) < 4.78 is 20.7. The molecule has 7 nitrogen and oxygen atoms in total. The van der Waals surface area contributed by atoms with Crippen LogP contribution in [0.1, 0.15) is 37.0 Å². The van der Waals surface area contributed by atoms with Gasteiger partial charge in [-0.3, -0.25) is 4.79 Å². The molecule has 1 aliphatic heterocycles. The van der Waals surface area contributed by atoms with Crippen LogP contribution < -0.4 is 5.32 Å². The van der Waals surface area contributed by atoms with Crippen LogP contribution >= 0.6 is 0 Å². The molecule has 1 saturated heterocycles. The minimum atomic E-state index is -0.618. The quantitative estimate of drug-likeness (QED) is 0.534. The first-order chi connectivity index (χ1) is 15.0. The summed E-state index contributed by atoms with van der Waals surface area (Å²) >= 11 is 0. The Hall–Kier alpha value is -3.81. The van der Waals surface area contributed by atoms with Gasteiger partial charge in [0.05, 0.1) is 17.8 Å². The Morgan fingerprint density at radius 1 is 1.16 bits per heavy atom. The second-order valence-corrected chi connectivity index (χ2v) is 7.86. The maximum absolute atomic E-state index is 13.4. The number of aromatic nitrogens is 4. The van der Waals surface area contributed by atoms with Crippen LogP contribution in [0, 0.1) is 5.82 Å². The second-order valence-electron chi connectivity index (χ2n) is 7.86. The van der Waals surface area contributed by atoms with Gasteiger partial charge in [-0.05, 0) is 49.7 Å². The molecule has 2 aromatic carbocycles. The SMILES string of the molecule is CC1(c2noc(Cc3cn(-c4ccccc4)nc3-c3ccc(F)cc3)n2)CCC(=O)N1. The van der Waals surface area contributed by atoms with E-state index in [4.69, 9.17) is 9.62 Å². The van der Waals surface area contributed by atoms with Gasteiger partial charge in [-0.1, -0.05) is 23.4 Å². The fraction of sp³-hybridized carbons (Fsp3) is 0.217. The molecule has 0 aliphatic carbocycles. The largest absolute Gasteiger partial charge is 0.343 e. The standard InChI is InChI=1S/C23H20FN5O2/c1-23(12-11-19(30)26-23)22-25-20(31-28-22)13-16-14-29(18-5-3-2-4-6-18)27-21(16)15-7-9-17(24)10-8-15/h2-10,14H,11-13H2,1H3,(H,26,30). The maximum Gasteiger partial charge on any atom is 0.231 e. The van der Waals surface area contributed by atoms with Crippen LogP contribution in [0.2, 0.25) is 0 Å². The third kappa shape index (κ3) is 3.72. The van der Waals surface area contributed by atoms with Crippen molar-refractivity contribution >= 4 is 5.91 Å². The fourth-order valence-electron chi connectivity index (χ4n) is 3.78. The average Bonchev–Trinajstić information content (AvgIpc) is 3.50. The van der Waals surface area contributed by atoms with Gasteiger partial charge in [0.15, 0.2) is 5.82 Å². The Labute approximate surface area is 177 Å². The third-order valence-corrected chi connectivity index (χ3v) is 5.50.